The Morgan fingerprint density at radius 2 is 2.10 bits per heavy atom. The average Bonchev–Trinajstić information content (AvgIpc) is 3.21. The lowest BCUT2D eigenvalue weighted by Gasteiger charge is -2.32. The van der Waals surface area contributed by atoms with Crippen molar-refractivity contribution in [3.8, 4) is 5.69 Å². The lowest BCUT2D eigenvalue weighted by molar-refractivity contribution is 0.0930. The van der Waals surface area contributed by atoms with Crippen LogP contribution in [0.2, 0.25) is 0 Å². The molecule has 1 aliphatic rings. The maximum Gasteiger partial charge on any atom is 0.252 e. The largest absolute Gasteiger partial charge is 0.352 e. The van der Waals surface area contributed by atoms with Gasteiger partial charge in [-0.3, -0.25) is 14.7 Å². The van der Waals surface area contributed by atoms with Crippen molar-refractivity contribution in [1.82, 2.24) is 25.0 Å². The first-order valence-corrected chi connectivity index (χ1v) is 9.88. The Bertz CT molecular complexity index is 959. The predicted octanol–water partition coefficient (Wildman–Crippen LogP) is 3.05. The molecule has 2 aromatic heterocycles. The number of pyridine rings is 1. The average molecular weight is 393 g/mol. The van der Waals surface area contributed by atoms with Crippen molar-refractivity contribution in [3.05, 3.63) is 78.1 Å². The van der Waals surface area contributed by atoms with Crippen LogP contribution in [0.5, 0.6) is 0 Å². The molecule has 0 bridgehead atoms. The number of carbonyl (C=O) groups is 1. The fraction of sp³-hybridized carbons (Fsp3) is 0.318. The second kappa shape index (κ2) is 8.96. The molecular formula is C22H24FN5O. The molecule has 0 radical (unpaired) electrons. The summed E-state index contributed by atoms with van der Waals surface area (Å²) < 4.78 is 15.5. The van der Waals surface area contributed by atoms with Gasteiger partial charge in [0.1, 0.15) is 11.5 Å². The minimum Gasteiger partial charge on any atom is -0.352 e. The van der Waals surface area contributed by atoms with Crippen molar-refractivity contribution < 1.29 is 9.18 Å². The number of para-hydroxylation sites is 1. The lowest BCUT2D eigenvalue weighted by atomic mass is 9.97. The van der Waals surface area contributed by atoms with E-state index in [-0.39, 0.29) is 11.7 Å². The third-order valence-corrected chi connectivity index (χ3v) is 5.22. The number of likely N-dealkylation sites (tertiary alicyclic amines) is 1. The molecule has 0 unspecified atom stereocenters. The van der Waals surface area contributed by atoms with Crippen LogP contribution in [0.3, 0.4) is 0 Å². The summed E-state index contributed by atoms with van der Waals surface area (Å²) in [5, 5.41) is 7.33. The number of halogens is 1. The number of carbonyl (C=O) groups excluding carboxylic acids is 1. The summed E-state index contributed by atoms with van der Waals surface area (Å²) in [5.74, 6) is 0.0388. The van der Waals surface area contributed by atoms with Crippen LogP contribution < -0.4 is 5.32 Å². The van der Waals surface area contributed by atoms with E-state index < -0.39 is 0 Å². The van der Waals surface area contributed by atoms with Crippen molar-refractivity contribution in [1.29, 1.82) is 0 Å². The Kier molecular flexibility index (Phi) is 5.95. The molecule has 0 spiro atoms. The molecule has 1 aromatic carbocycles. The van der Waals surface area contributed by atoms with Crippen LogP contribution in [-0.2, 0) is 6.54 Å². The quantitative estimate of drug-likeness (QED) is 0.699. The van der Waals surface area contributed by atoms with Gasteiger partial charge in [-0.05, 0) is 49.6 Å². The predicted molar refractivity (Wildman–Crippen MR) is 108 cm³/mol. The molecule has 1 N–H and O–H groups in total. The SMILES string of the molecule is O=C(NC[C@@H]1CCCN(Cc2cnn(-c3ccccc3F)c2)C1)c1cccnc1. The molecule has 6 nitrogen and oxygen atoms in total. The number of hydrogen-bond donors (Lipinski definition) is 1. The van der Waals surface area contributed by atoms with Gasteiger partial charge in [-0.1, -0.05) is 12.1 Å². The number of aromatic nitrogens is 3. The van der Waals surface area contributed by atoms with Crippen LogP contribution in [0.4, 0.5) is 4.39 Å². The third kappa shape index (κ3) is 4.86. The van der Waals surface area contributed by atoms with Crippen molar-refractivity contribution >= 4 is 5.91 Å². The number of nitrogens with one attached hydrogen (secondary N) is 1. The van der Waals surface area contributed by atoms with Gasteiger partial charge in [0.25, 0.3) is 5.91 Å². The normalized spacial score (nSPS) is 17.2. The standard InChI is InChI=1S/C22H24FN5O/c23-20-7-1-2-8-21(20)28-16-18(12-26-28)15-27-10-4-5-17(14-27)11-25-22(29)19-6-3-9-24-13-19/h1-3,6-9,12-13,16-17H,4-5,10-11,14-15H2,(H,25,29)/t17-/m0/s1. The van der Waals surface area contributed by atoms with Crippen molar-refractivity contribution in [3.63, 3.8) is 0 Å². The second-order valence-corrected chi connectivity index (χ2v) is 7.44. The molecule has 0 aliphatic carbocycles. The van der Waals surface area contributed by atoms with Gasteiger partial charge in [-0.15, -0.1) is 0 Å². The van der Waals surface area contributed by atoms with Gasteiger partial charge < -0.3 is 5.32 Å². The first kappa shape index (κ1) is 19.3. The molecule has 1 fully saturated rings. The molecule has 7 heteroatoms. The highest BCUT2D eigenvalue weighted by molar-refractivity contribution is 5.93. The Morgan fingerprint density at radius 3 is 2.93 bits per heavy atom. The zero-order valence-corrected chi connectivity index (χ0v) is 16.2. The summed E-state index contributed by atoms with van der Waals surface area (Å²) in [6.07, 6.45) is 9.10. The van der Waals surface area contributed by atoms with E-state index in [0.717, 1.165) is 38.0 Å². The van der Waals surface area contributed by atoms with Crippen LogP contribution >= 0.6 is 0 Å². The van der Waals surface area contributed by atoms with E-state index in [1.54, 1.807) is 53.6 Å². The van der Waals surface area contributed by atoms with Crippen molar-refractivity contribution in [2.75, 3.05) is 19.6 Å². The number of amides is 1. The molecule has 0 saturated carbocycles. The summed E-state index contributed by atoms with van der Waals surface area (Å²) in [6.45, 7) is 3.34. The van der Waals surface area contributed by atoms with Gasteiger partial charge in [-0.25, -0.2) is 9.07 Å². The minimum atomic E-state index is -0.287. The molecular weight excluding hydrogens is 369 g/mol. The highest BCUT2D eigenvalue weighted by Crippen LogP contribution is 2.19. The van der Waals surface area contributed by atoms with Gasteiger partial charge in [0.05, 0.1) is 11.8 Å². The van der Waals surface area contributed by atoms with Gasteiger partial charge in [0.15, 0.2) is 0 Å². The summed E-state index contributed by atoms with van der Waals surface area (Å²) in [5.41, 5.74) is 2.09. The Morgan fingerprint density at radius 1 is 1.21 bits per heavy atom. The summed E-state index contributed by atoms with van der Waals surface area (Å²) in [6, 6.07) is 10.2. The van der Waals surface area contributed by atoms with Crippen LogP contribution in [0, 0.1) is 11.7 Å². The van der Waals surface area contributed by atoms with E-state index in [1.807, 2.05) is 6.20 Å². The van der Waals surface area contributed by atoms with Crippen molar-refractivity contribution in [2.24, 2.45) is 5.92 Å². The molecule has 29 heavy (non-hydrogen) atoms. The van der Waals surface area contributed by atoms with E-state index in [0.29, 0.717) is 23.7 Å². The highest BCUT2D eigenvalue weighted by atomic mass is 19.1. The van der Waals surface area contributed by atoms with E-state index in [4.69, 9.17) is 0 Å². The van der Waals surface area contributed by atoms with Crippen LogP contribution in [0.1, 0.15) is 28.8 Å². The number of benzene rings is 1. The van der Waals surface area contributed by atoms with E-state index >= 15 is 0 Å². The third-order valence-electron chi connectivity index (χ3n) is 5.22. The van der Waals surface area contributed by atoms with Crippen molar-refractivity contribution in [2.45, 2.75) is 19.4 Å². The van der Waals surface area contributed by atoms with Crippen LogP contribution in [-0.4, -0.2) is 45.2 Å². The minimum absolute atomic E-state index is 0.0820. The van der Waals surface area contributed by atoms with Crippen LogP contribution in [0.15, 0.2) is 61.2 Å². The summed E-state index contributed by atoms with van der Waals surface area (Å²) >= 11 is 0. The molecule has 1 amide bonds. The Balaban J connectivity index is 1.31. The smallest absolute Gasteiger partial charge is 0.252 e. The maximum atomic E-state index is 14.0. The Hall–Kier alpha value is -3.06. The number of hydrogen-bond acceptors (Lipinski definition) is 4. The van der Waals surface area contributed by atoms with Gasteiger partial charge >= 0.3 is 0 Å². The highest BCUT2D eigenvalue weighted by Gasteiger charge is 2.21. The van der Waals surface area contributed by atoms with Gasteiger partial charge in [-0.2, -0.15) is 5.10 Å². The monoisotopic (exact) mass is 393 g/mol. The lowest BCUT2D eigenvalue weighted by Crippen LogP contribution is -2.40. The first-order valence-electron chi connectivity index (χ1n) is 9.88. The zero-order valence-electron chi connectivity index (χ0n) is 16.2. The Labute approximate surface area is 169 Å². The van der Waals surface area contributed by atoms with Gasteiger partial charge in [0.2, 0.25) is 0 Å². The molecule has 1 atom stereocenters. The summed E-state index contributed by atoms with van der Waals surface area (Å²) in [7, 11) is 0. The summed E-state index contributed by atoms with van der Waals surface area (Å²) in [4.78, 5) is 18.6. The van der Waals surface area contributed by atoms with E-state index in [2.05, 4.69) is 20.3 Å². The second-order valence-electron chi connectivity index (χ2n) is 7.44. The number of rotatable bonds is 6. The van der Waals surface area contributed by atoms with Gasteiger partial charge in [0, 0.05) is 43.8 Å². The fourth-order valence-corrected chi connectivity index (χ4v) is 3.77. The fourth-order valence-electron chi connectivity index (χ4n) is 3.77. The molecule has 3 aromatic rings. The molecule has 3 heterocycles. The maximum absolute atomic E-state index is 14.0. The molecule has 1 aliphatic heterocycles. The number of nitrogens with zero attached hydrogens (tertiary/aromatic N) is 4. The molecule has 150 valence electrons. The topological polar surface area (TPSA) is 63.1 Å². The molecule has 1 saturated heterocycles. The number of piperidine rings is 1. The van der Waals surface area contributed by atoms with E-state index in [1.165, 1.54) is 6.07 Å². The van der Waals surface area contributed by atoms with E-state index in [9.17, 15) is 9.18 Å². The molecule has 4 rings (SSSR count). The van der Waals surface area contributed by atoms with Crippen LogP contribution in [0.25, 0.3) is 5.69 Å². The zero-order chi connectivity index (χ0) is 20.1. The first-order chi connectivity index (χ1) is 14.2.